The molecule has 1 heterocycles. The molecule has 0 amide bonds. The van der Waals surface area contributed by atoms with Crippen LogP contribution in [0.25, 0.3) is 0 Å². The number of nitrogens with two attached hydrogens (primary N) is 1. The molecule has 0 saturated carbocycles. The fourth-order valence-electron chi connectivity index (χ4n) is 0.644. The van der Waals surface area contributed by atoms with Crippen molar-refractivity contribution in [1.82, 2.24) is 0 Å². The quantitative estimate of drug-likeness (QED) is 0.847. The minimum Gasteiger partial charge on any atom is -0.330 e. The summed E-state index contributed by atoms with van der Waals surface area (Å²) in [6.45, 7) is 0.739. The average Bonchev–Trinajstić information content (AvgIpc) is 2.17. The Hall–Kier alpha value is 0.430. The Balaban J connectivity index is 0.000000810. The normalized spacial score (nSPS) is 9.00. The molecule has 58 valence electrons. The molecule has 0 radical (unpaired) electrons. The van der Waals surface area contributed by atoms with Gasteiger partial charge in [0.05, 0.1) is 3.79 Å². The predicted molar refractivity (Wildman–Crippen MR) is 52.0 cm³/mol. The van der Waals surface area contributed by atoms with Crippen LogP contribution >= 0.6 is 39.7 Å². The Bertz CT molecular complexity index is 190. The molecule has 2 N–H and O–H groups in total. The van der Waals surface area contributed by atoms with E-state index >= 15 is 0 Å². The molecule has 0 saturated heterocycles. The van der Waals surface area contributed by atoms with Crippen LogP contribution in [0.5, 0.6) is 0 Å². The number of hydrogen-bond acceptors (Lipinski definition) is 2. The van der Waals surface area contributed by atoms with Gasteiger partial charge in [0.1, 0.15) is 0 Å². The van der Waals surface area contributed by atoms with Crippen molar-refractivity contribution < 1.29 is 0 Å². The lowest BCUT2D eigenvalue weighted by Gasteiger charge is -1.87. The van der Waals surface area contributed by atoms with E-state index in [4.69, 9.17) is 5.73 Å². The van der Waals surface area contributed by atoms with Gasteiger partial charge in [0.25, 0.3) is 0 Å². The predicted octanol–water partition coefficient (Wildman–Crippen LogP) is 2.43. The third-order valence-electron chi connectivity index (χ3n) is 1.05. The molecule has 1 nitrogen and oxygen atoms in total. The van der Waals surface area contributed by atoms with Gasteiger partial charge in [-0.25, -0.2) is 0 Å². The van der Waals surface area contributed by atoms with Crippen LogP contribution in [0.4, 0.5) is 0 Å². The van der Waals surface area contributed by atoms with Gasteiger partial charge in [0.15, 0.2) is 0 Å². The fourth-order valence-corrected chi connectivity index (χ4v) is 1.89. The zero-order chi connectivity index (χ0) is 6.69. The zero-order valence-corrected chi connectivity index (χ0v) is 8.56. The molecular weight excluding hydrogens is 233 g/mol. The van der Waals surface area contributed by atoms with Crippen LogP contribution in [0, 0.1) is 0 Å². The van der Waals surface area contributed by atoms with Gasteiger partial charge in [0.2, 0.25) is 0 Å². The smallest absolute Gasteiger partial charge is 0.0701 e. The topological polar surface area (TPSA) is 26.0 Å². The van der Waals surface area contributed by atoms with Gasteiger partial charge in [-0.05, 0) is 45.9 Å². The summed E-state index contributed by atoms with van der Waals surface area (Å²) < 4.78 is 1.19. The van der Waals surface area contributed by atoms with E-state index in [2.05, 4.69) is 27.4 Å². The highest BCUT2D eigenvalue weighted by Crippen LogP contribution is 2.20. The first-order valence-corrected chi connectivity index (χ1v) is 4.43. The van der Waals surface area contributed by atoms with Crippen molar-refractivity contribution in [3.63, 3.8) is 0 Å². The summed E-state index contributed by atoms with van der Waals surface area (Å²) in [6, 6.07) is 2.11. The SMILES string of the molecule is Cl.NCCc1csc(Br)c1. The van der Waals surface area contributed by atoms with Gasteiger partial charge in [-0.3, -0.25) is 0 Å². The molecule has 1 aromatic rings. The van der Waals surface area contributed by atoms with E-state index < -0.39 is 0 Å². The Morgan fingerprint density at radius 2 is 2.30 bits per heavy atom. The van der Waals surface area contributed by atoms with Gasteiger partial charge in [-0.2, -0.15) is 0 Å². The molecule has 1 rings (SSSR count). The van der Waals surface area contributed by atoms with Crippen molar-refractivity contribution in [2.24, 2.45) is 5.73 Å². The molecule has 10 heavy (non-hydrogen) atoms. The van der Waals surface area contributed by atoms with Crippen LogP contribution in [-0.4, -0.2) is 6.54 Å². The number of hydrogen-bond donors (Lipinski definition) is 1. The van der Waals surface area contributed by atoms with Gasteiger partial charge >= 0.3 is 0 Å². The highest BCUT2D eigenvalue weighted by molar-refractivity contribution is 9.11. The largest absolute Gasteiger partial charge is 0.330 e. The summed E-state index contributed by atoms with van der Waals surface area (Å²) in [7, 11) is 0. The molecular formula is C6H9BrClNS. The molecule has 0 aliphatic rings. The lowest BCUT2D eigenvalue weighted by molar-refractivity contribution is 0.974. The van der Waals surface area contributed by atoms with Crippen molar-refractivity contribution in [2.45, 2.75) is 6.42 Å². The minimum absolute atomic E-state index is 0. The van der Waals surface area contributed by atoms with E-state index in [0.717, 1.165) is 13.0 Å². The van der Waals surface area contributed by atoms with Gasteiger partial charge in [-0.1, -0.05) is 0 Å². The van der Waals surface area contributed by atoms with Crippen LogP contribution < -0.4 is 5.73 Å². The molecule has 0 aliphatic heterocycles. The van der Waals surface area contributed by atoms with Gasteiger partial charge < -0.3 is 5.73 Å². The summed E-state index contributed by atoms with van der Waals surface area (Å²) in [6.07, 6.45) is 0.988. The first kappa shape index (κ1) is 10.4. The molecule has 0 unspecified atom stereocenters. The van der Waals surface area contributed by atoms with E-state index in [1.807, 2.05) is 0 Å². The molecule has 0 spiro atoms. The first-order valence-electron chi connectivity index (χ1n) is 2.76. The number of thiophene rings is 1. The number of halogens is 2. The maximum atomic E-state index is 5.36. The van der Waals surface area contributed by atoms with Gasteiger partial charge in [0, 0.05) is 0 Å². The maximum absolute atomic E-state index is 5.36. The van der Waals surface area contributed by atoms with Crippen LogP contribution in [-0.2, 0) is 6.42 Å². The van der Waals surface area contributed by atoms with E-state index in [0.29, 0.717) is 0 Å². The minimum atomic E-state index is 0. The second-order valence-electron chi connectivity index (χ2n) is 1.80. The lowest BCUT2D eigenvalue weighted by atomic mass is 10.2. The molecule has 0 aromatic carbocycles. The van der Waals surface area contributed by atoms with Crippen molar-refractivity contribution >= 4 is 39.7 Å². The Morgan fingerprint density at radius 3 is 2.70 bits per heavy atom. The Kier molecular flexibility index (Phi) is 5.35. The third kappa shape index (κ3) is 3.01. The average molecular weight is 243 g/mol. The van der Waals surface area contributed by atoms with Crippen LogP contribution in [0.2, 0.25) is 0 Å². The molecule has 0 atom stereocenters. The highest BCUT2D eigenvalue weighted by atomic mass is 79.9. The maximum Gasteiger partial charge on any atom is 0.0701 e. The lowest BCUT2D eigenvalue weighted by Crippen LogP contribution is -2.01. The summed E-state index contributed by atoms with van der Waals surface area (Å²) in [4.78, 5) is 0. The summed E-state index contributed by atoms with van der Waals surface area (Å²) in [5, 5.41) is 2.12. The molecule has 0 fully saturated rings. The highest BCUT2D eigenvalue weighted by Gasteiger charge is 1.93. The summed E-state index contributed by atoms with van der Waals surface area (Å²) in [5.74, 6) is 0. The second kappa shape index (κ2) is 5.13. The molecule has 4 heteroatoms. The standard InChI is InChI=1S/C6H8BrNS.ClH/c7-6-3-5(1-2-8)4-9-6;/h3-4H,1-2,8H2;1H. The third-order valence-corrected chi connectivity index (χ3v) is 2.61. The van der Waals surface area contributed by atoms with E-state index in [1.165, 1.54) is 9.35 Å². The fraction of sp³-hybridized carbons (Fsp3) is 0.333. The Labute approximate surface area is 79.2 Å². The van der Waals surface area contributed by atoms with Crippen molar-refractivity contribution in [2.75, 3.05) is 6.54 Å². The molecule has 1 aromatic heterocycles. The van der Waals surface area contributed by atoms with Gasteiger partial charge in [-0.15, -0.1) is 23.7 Å². The summed E-state index contributed by atoms with van der Waals surface area (Å²) >= 11 is 5.09. The van der Waals surface area contributed by atoms with Crippen molar-refractivity contribution in [1.29, 1.82) is 0 Å². The second-order valence-corrected chi connectivity index (χ2v) is 4.09. The summed E-state index contributed by atoms with van der Waals surface area (Å²) in [5.41, 5.74) is 6.69. The molecule has 0 bridgehead atoms. The zero-order valence-electron chi connectivity index (χ0n) is 5.34. The van der Waals surface area contributed by atoms with Crippen molar-refractivity contribution in [3.8, 4) is 0 Å². The van der Waals surface area contributed by atoms with E-state index in [-0.39, 0.29) is 12.4 Å². The Morgan fingerprint density at radius 1 is 1.60 bits per heavy atom. The van der Waals surface area contributed by atoms with Crippen LogP contribution in [0.1, 0.15) is 5.56 Å². The van der Waals surface area contributed by atoms with Crippen molar-refractivity contribution in [3.05, 3.63) is 20.8 Å². The van der Waals surface area contributed by atoms with E-state index in [1.54, 1.807) is 11.3 Å². The molecule has 0 aliphatic carbocycles. The number of rotatable bonds is 2. The first-order chi connectivity index (χ1) is 4.33. The van der Waals surface area contributed by atoms with Crippen LogP contribution in [0.15, 0.2) is 15.2 Å². The van der Waals surface area contributed by atoms with E-state index in [9.17, 15) is 0 Å². The monoisotopic (exact) mass is 241 g/mol. The van der Waals surface area contributed by atoms with Crippen LogP contribution in [0.3, 0.4) is 0 Å².